The number of nitrogens with one attached hydrogen (secondary N) is 1. The average molecular weight is 814 g/mol. The fourth-order valence-electron chi connectivity index (χ4n) is 7.75. The van der Waals surface area contributed by atoms with Gasteiger partial charge in [0.2, 0.25) is 5.91 Å². The predicted molar refractivity (Wildman–Crippen MR) is 232 cm³/mol. The minimum atomic E-state index is -1.59. The Labute approximate surface area is 349 Å². The largest absolute Gasteiger partial charge is 0.394 e. The van der Waals surface area contributed by atoms with Gasteiger partial charge in [-0.2, -0.15) is 0 Å². The number of aliphatic hydroxyl groups is 6. The Morgan fingerprint density at radius 3 is 1.42 bits per heavy atom. The number of unbranched alkanes of at least 4 members (excludes halogenated alkanes) is 27. The van der Waals surface area contributed by atoms with Gasteiger partial charge in [0, 0.05) is 0 Å². The van der Waals surface area contributed by atoms with Crippen LogP contribution in [0, 0.1) is 0 Å². The Bertz CT molecular complexity index is 921. The van der Waals surface area contributed by atoms with Crippen molar-refractivity contribution in [3.05, 3.63) is 12.2 Å². The molecular weight excluding hydrogens is 723 g/mol. The van der Waals surface area contributed by atoms with E-state index in [9.17, 15) is 35.4 Å². The second-order valence-electron chi connectivity index (χ2n) is 17.0. The van der Waals surface area contributed by atoms with Crippen molar-refractivity contribution in [1.82, 2.24) is 5.32 Å². The molecule has 338 valence electrons. The van der Waals surface area contributed by atoms with Crippen LogP contribution >= 0.6 is 0 Å². The van der Waals surface area contributed by atoms with Crippen LogP contribution in [-0.2, 0) is 14.3 Å². The van der Waals surface area contributed by atoms with E-state index in [0.29, 0.717) is 12.8 Å². The molecule has 1 aliphatic heterocycles. The van der Waals surface area contributed by atoms with Crippen LogP contribution < -0.4 is 5.32 Å². The first-order valence-corrected chi connectivity index (χ1v) is 24.0. The van der Waals surface area contributed by atoms with E-state index in [-0.39, 0.29) is 6.61 Å². The molecule has 8 unspecified atom stereocenters. The van der Waals surface area contributed by atoms with Crippen molar-refractivity contribution in [2.24, 2.45) is 0 Å². The lowest BCUT2D eigenvalue weighted by Gasteiger charge is -2.40. The minimum Gasteiger partial charge on any atom is -0.394 e. The highest BCUT2D eigenvalue weighted by atomic mass is 16.7. The van der Waals surface area contributed by atoms with Crippen LogP contribution in [0.15, 0.2) is 12.2 Å². The molecule has 0 spiro atoms. The maximum Gasteiger partial charge on any atom is 0.249 e. The van der Waals surface area contributed by atoms with Gasteiger partial charge in [0.15, 0.2) is 6.29 Å². The smallest absolute Gasteiger partial charge is 0.249 e. The maximum atomic E-state index is 13.1. The number of ether oxygens (including phenoxy) is 2. The van der Waals surface area contributed by atoms with Gasteiger partial charge in [-0.25, -0.2) is 0 Å². The normalized spacial score (nSPS) is 21.6. The molecule has 10 nitrogen and oxygen atoms in total. The fraction of sp³-hybridized carbons (Fsp3) is 0.936. The molecule has 0 aromatic heterocycles. The van der Waals surface area contributed by atoms with Crippen molar-refractivity contribution >= 4 is 5.91 Å². The molecule has 1 heterocycles. The van der Waals surface area contributed by atoms with Gasteiger partial charge in [-0.05, 0) is 38.5 Å². The zero-order valence-corrected chi connectivity index (χ0v) is 36.7. The molecule has 1 amide bonds. The number of aliphatic hydroxyl groups excluding tert-OH is 6. The van der Waals surface area contributed by atoms with Crippen molar-refractivity contribution in [3.8, 4) is 0 Å². The van der Waals surface area contributed by atoms with Crippen LogP contribution in [-0.4, -0.2) is 98.7 Å². The second kappa shape index (κ2) is 37.9. The Hall–Kier alpha value is -1.11. The zero-order valence-electron chi connectivity index (χ0n) is 36.7. The van der Waals surface area contributed by atoms with Gasteiger partial charge in [-0.3, -0.25) is 4.79 Å². The van der Waals surface area contributed by atoms with Crippen molar-refractivity contribution in [3.63, 3.8) is 0 Å². The molecule has 0 saturated carbocycles. The summed E-state index contributed by atoms with van der Waals surface area (Å²) in [5, 5.41) is 64.8. The SMILES string of the molecule is CCCCCCCCCCC/C=C\CCCCCCCCC(O)C(=O)NC(COC1OC(CO)C(O)C(O)C1O)C(O)CCCCCCCCCCCCCCC. The second-order valence-corrected chi connectivity index (χ2v) is 17.0. The van der Waals surface area contributed by atoms with Gasteiger partial charge < -0.3 is 45.4 Å². The Morgan fingerprint density at radius 1 is 0.579 bits per heavy atom. The maximum absolute atomic E-state index is 13.1. The highest BCUT2D eigenvalue weighted by molar-refractivity contribution is 5.80. The molecule has 57 heavy (non-hydrogen) atoms. The Balaban J connectivity index is 2.35. The van der Waals surface area contributed by atoms with E-state index < -0.39 is 61.5 Å². The van der Waals surface area contributed by atoms with Crippen molar-refractivity contribution < 1.29 is 44.9 Å². The lowest BCUT2D eigenvalue weighted by molar-refractivity contribution is -0.302. The number of hydrogen-bond acceptors (Lipinski definition) is 9. The number of allylic oxidation sites excluding steroid dienone is 2. The Kier molecular flexibility index (Phi) is 35.8. The standard InChI is InChI=1S/C47H91NO9/c1-3-5-7-9-11-13-15-17-18-19-20-21-22-24-26-28-30-32-34-36-41(51)46(55)48-39(38-56-47-45(54)44(53)43(52)42(37-49)57-47)40(50)35-33-31-29-27-25-23-16-14-12-10-8-6-4-2/h20-21,39-45,47,49-54H,3-19,22-38H2,1-2H3,(H,48,55)/b21-20-. The summed E-state index contributed by atoms with van der Waals surface area (Å²) in [5.41, 5.74) is 0. The van der Waals surface area contributed by atoms with Crippen LogP contribution in [0.2, 0.25) is 0 Å². The molecule has 1 fully saturated rings. The summed E-state index contributed by atoms with van der Waals surface area (Å²) >= 11 is 0. The van der Waals surface area contributed by atoms with Crippen LogP contribution in [0.3, 0.4) is 0 Å². The highest BCUT2D eigenvalue weighted by Gasteiger charge is 2.44. The number of amides is 1. The molecule has 0 bridgehead atoms. The lowest BCUT2D eigenvalue weighted by Crippen LogP contribution is -2.60. The topological polar surface area (TPSA) is 169 Å². The van der Waals surface area contributed by atoms with Gasteiger partial charge in [-0.1, -0.05) is 193 Å². The summed E-state index contributed by atoms with van der Waals surface area (Å²) in [6, 6.07) is -0.893. The molecule has 1 rings (SSSR count). The third-order valence-electron chi connectivity index (χ3n) is 11.7. The van der Waals surface area contributed by atoms with E-state index in [1.54, 1.807) is 0 Å². The van der Waals surface area contributed by atoms with Gasteiger partial charge in [0.1, 0.15) is 30.5 Å². The van der Waals surface area contributed by atoms with Gasteiger partial charge in [-0.15, -0.1) is 0 Å². The van der Waals surface area contributed by atoms with Crippen LogP contribution in [0.4, 0.5) is 0 Å². The lowest BCUT2D eigenvalue weighted by atomic mass is 9.99. The average Bonchev–Trinajstić information content (AvgIpc) is 3.21. The minimum absolute atomic E-state index is 0.255. The quantitative estimate of drug-likeness (QED) is 0.0236. The number of rotatable bonds is 40. The van der Waals surface area contributed by atoms with E-state index in [1.165, 1.54) is 135 Å². The summed E-state index contributed by atoms with van der Waals surface area (Å²) in [7, 11) is 0. The summed E-state index contributed by atoms with van der Waals surface area (Å²) in [6.07, 6.45) is 32.6. The molecule has 1 saturated heterocycles. The van der Waals surface area contributed by atoms with Crippen molar-refractivity contribution in [2.75, 3.05) is 13.2 Å². The molecule has 0 aromatic carbocycles. The van der Waals surface area contributed by atoms with Crippen LogP contribution in [0.5, 0.6) is 0 Å². The molecule has 0 radical (unpaired) electrons. The zero-order chi connectivity index (χ0) is 41.8. The first-order chi connectivity index (χ1) is 27.8. The summed E-state index contributed by atoms with van der Waals surface area (Å²) in [5.74, 6) is -0.587. The van der Waals surface area contributed by atoms with Gasteiger partial charge in [0.05, 0.1) is 25.4 Å². The summed E-state index contributed by atoms with van der Waals surface area (Å²) in [6.45, 7) is 3.67. The molecule has 1 aliphatic rings. The number of carbonyl (C=O) groups excluding carboxylic acids is 1. The first kappa shape index (κ1) is 53.9. The molecular formula is C47H91NO9. The van der Waals surface area contributed by atoms with Crippen LogP contribution in [0.1, 0.15) is 219 Å². The van der Waals surface area contributed by atoms with Gasteiger partial charge in [0.25, 0.3) is 0 Å². The summed E-state index contributed by atoms with van der Waals surface area (Å²) < 4.78 is 11.2. The van der Waals surface area contributed by atoms with Crippen molar-refractivity contribution in [1.29, 1.82) is 0 Å². The number of carbonyl (C=O) groups is 1. The molecule has 8 atom stereocenters. The van der Waals surface area contributed by atoms with E-state index in [0.717, 1.165) is 57.8 Å². The molecule has 7 N–H and O–H groups in total. The van der Waals surface area contributed by atoms with E-state index >= 15 is 0 Å². The van der Waals surface area contributed by atoms with E-state index in [4.69, 9.17) is 9.47 Å². The fourth-order valence-corrected chi connectivity index (χ4v) is 7.75. The molecule has 10 heteroatoms. The van der Waals surface area contributed by atoms with E-state index in [2.05, 4.69) is 31.3 Å². The third kappa shape index (κ3) is 28.1. The monoisotopic (exact) mass is 814 g/mol. The molecule has 0 aliphatic carbocycles. The highest BCUT2D eigenvalue weighted by Crippen LogP contribution is 2.23. The predicted octanol–water partition coefficient (Wildman–Crippen LogP) is 9.09. The third-order valence-corrected chi connectivity index (χ3v) is 11.7. The van der Waals surface area contributed by atoms with Gasteiger partial charge >= 0.3 is 0 Å². The van der Waals surface area contributed by atoms with Crippen molar-refractivity contribution in [2.45, 2.75) is 268 Å². The summed E-state index contributed by atoms with van der Waals surface area (Å²) in [4.78, 5) is 13.1. The first-order valence-electron chi connectivity index (χ1n) is 24.0. The van der Waals surface area contributed by atoms with Crippen LogP contribution in [0.25, 0.3) is 0 Å². The van der Waals surface area contributed by atoms with E-state index in [1.807, 2.05) is 0 Å². The molecule has 0 aromatic rings. The Morgan fingerprint density at radius 2 is 0.982 bits per heavy atom. The number of hydrogen-bond donors (Lipinski definition) is 7.